The summed E-state index contributed by atoms with van der Waals surface area (Å²) >= 11 is 1.29. The minimum Gasteiger partial charge on any atom is -0.481 e. The topological polar surface area (TPSA) is 101 Å². The second kappa shape index (κ2) is 10.3. The first-order chi connectivity index (χ1) is 17.4. The molecule has 0 aliphatic carbocycles. The number of rotatable bonds is 5. The Morgan fingerprint density at radius 1 is 0.946 bits per heavy atom. The second-order valence-corrected chi connectivity index (χ2v) is 13.7. The molecule has 37 heavy (non-hydrogen) atoms. The van der Waals surface area contributed by atoms with Crippen LogP contribution in [0.3, 0.4) is 0 Å². The molecule has 0 spiro atoms. The Balaban J connectivity index is 1.66. The van der Waals surface area contributed by atoms with E-state index in [1.807, 2.05) is 60.7 Å². The quantitative estimate of drug-likeness (QED) is 0.438. The zero-order valence-electron chi connectivity index (χ0n) is 21.1. The number of aliphatic carboxylic acids is 1. The largest absolute Gasteiger partial charge is 0.481 e. The lowest BCUT2D eigenvalue weighted by Crippen LogP contribution is -2.39. The molecular formula is C28H31NO6S2. The van der Waals surface area contributed by atoms with Gasteiger partial charge in [0.15, 0.2) is 9.84 Å². The molecule has 0 saturated carbocycles. The SMILES string of the molecule is CC(C)(C)OC(=O)N1CCC(CC(=O)O)(c2ccc(-c3ccc(-c4ccccc4)cc3)s2)S(=O)(=O)CC1. The molecule has 1 aliphatic heterocycles. The van der Waals surface area contributed by atoms with Crippen LogP contribution < -0.4 is 0 Å². The fourth-order valence-corrected chi connectivity index (χ4v) is 8.12. The van der Waals surface area contributed by atoms with Crippen LogP contribution in [0, 0.1) is 0 Å². The van der Waals surface area contributed by atoms with E-state index in [9.17, 15) is 23.1 Å². The van der Waals surface area contributed by atoms with Crippen molar-refractivity contribution in [1.29, 1.82) is 0 Å². The number of hydrogen-bond donors (Lipinski definition) is 1. The number of thiophene rings is 1. The standard InChI is InChI=1S/C28H31NO6S2/c1-27(2,3)35-26(32)29-16-15-28(19-25(30)31,37(33,34)18-17-29)24-14-13-23(36-24)22-11-9-21(10-12-22)20-7-5-4-6-8-20/h4-14H,15-19H2,1-3H3,(H,30,31). The Hall–Kier alpha value is -3.17. The highest BCUT2D eigenvalue weighted by atomic mass is 32.2. The Morgan fingerprint density at radius 2 is 1.57 bits per heavy atom. The van der Waals surface area contributed by atoms with Crippen LogP contribution in [0.4, 0.5) is 4.79 Å². The Bertz CT molecular complexity index is 1370. The summed E-state index contributed by atoms with van der Waals surface area (Å²) in [6, 6.07) is 21.5. The van der Waals surface area contributed by atoms with Gasteiger partial charge >= 0.3 is 12.1 Å². The molecular weight excluding hydrogens is 510 g/mol. The van der Waals surface area contributed by atoms with E-state index in [0.29, 0.717) is 4.88 Å². The molecule has 1 unspecified atom stereocenters. The van der Waals surface area contributed by atoms with Crippen molar-refractivity contribution in [3.63, 3.8) is 0 Å². The van der Waals surface area contributed by atoms with Crippen LogP contribution in [0.2, 0.25) is 0 Å². The molecule has 4 rings (SSSR count). The Morgan fingerprint density at radius 3 is 2.19 bits per heavy atom. The molecule has 0 radical (unpaired) electrons. The Labute approximate surface area is 221 Å². The number of carboxylic acids is 1. The molecule has 3 aromatic rings. The van der Waals surface area contributed by atoms with Crippen molar-refractivity contribution in [2.75, 3.05) is 18.8 Å². The first-order valence-corrected chi connectivity index (χ1v) is 14.6. The number of carbonyl (C=O) groups is 2. The lowest BCUT2D eigenvalue weighted by Gasteiger charge is -2.30. The molecule has 2 aromatic carbocycles. The van der Waals surface area contributed by atoms with Crippen molar-refractivity contribution in [1.82, 2.24) is 4.90 Å². The van der Waals surface area contributed by atoms with Gasteiger partial charge in [-0.05, 0) is 56.0 Å². The van der Waals surface area contributed by atoms with Crippen LogP contribution in [-0.2, 0) is 24.1 Å². The molecule has 1 amide bonds. The molecule has 1 atom stereocenters. The summed E-state index contributed by atoms with van der Waals surface area (Å²) in [6.45, 7) is 5.27. The second-order valence-electron chi connectivity index (χ2n) is 10.2. The van der Waals surface area contributed by atoms with Gasteiger partial charge in [-0.2, -0.15) is 0 Å². The minimum absolute atomic E-state index is 0.0201. The number of amides is 1. The summed E-state index contributed by atoms with van der Waals surface area (Å²) in [5.74, 6) is -1.53. The number of carbonyl (C=O) groups excluding carboxylic acids is 1. The summed E-state index contributed by atoms with van der Waals surface area (Å²) in [5.41, 5.74) is 2.36. The van der Waals surface area contributed by atoms with E-state index in [1.54, 1.807) is 26.8 Å². The number of hydrogen-bond acceptors (Lipinski definition) is 6. The van der Waals surface area contributed by atoms with Crippen LogP contribution in [0.25, 0.3) is 21.6 Å². The lowest BCUT2D eigenvalue weighted by atomic mass is 9.97. The number of sulfone groups is 1. The van der Waals surface area contributed by atoms with E-state index in [-0.39, 0.29) is 25.3 Å². The highest BCUT2D eigenvalue weighted by Gasteiger charge is 2.50. The summed E-state index contributed by atoms with van der Waals surface area (Å²) in [7, 11) is -3.91. The van der Waals surface area contributed by atoms with Gasteiger partial charge in [0.1, 0.15) is 10.3 Å². The zero-order chi connectivity index (χ0) is 26.8. The van der Waals surface area contributed by atoms with Crippen molar-refractivity contribution in [2.24, 2.45) is 0 Å². The number of benzene rings is 2. The van der Waals surface area contributed by atoms with Gasteiger partial charge in [0.05, 0.1) is 12.2 Å². The highest BCUT2D eigenvalue weighted by molar-refractivity contribution is 7.92. The van der Waals surface area contributed by atoms with Crippen LogP contribution in [0.1, 0.15) is 38.5 Å². The normalized spacial score (nSPS) is 19.7. The predicted molar refractivity (Wildman–Crippen MR) is 145 cm³/mol. The summed E-state index contributed by atoms with van der Waals surface area (Å²) in [5, 5.41) is 9.74. The van der Waals surface area contributed by atoms with Crippen molar-refractivity contribution in [3.05, 3.63) is 71.6 Å². The third-order valence-corrected chi connectivity index (χ3v) is 10.4. The average molecular weight is 542 g/mol. The van der Waals surface area contributed by atoms with E-state index in [4.69, 9.17) is 4.74 Å². The maximum atomic E-state index is 13.6. The first kappa shape index (κ1) is 26.9. The number of carboxylic acid groups (broad SMARTS) is 1. The van der Waals surface area contributed by atoms with Crippen molar-refractivity contribution in [2.45, 2.75) is 44.0 Å². The van der Waals surface area contributed by atoms with E-state index < -0.39 is 38.7 Å². The van der Waals surface area contributed by atoms with Crippen molar-refractivity contribution in [3.8, 4) is 21.6 Å². The summed E-state index contributed by atoms with van der Waals surface area (Å²) in [4.78, 5) is 27.3. The zero-order valence-corrected chi connectivity index (χ0v) is 22.8. The van der Waals surface area contributed by atoms with Gasteiger partial charge in [0.2, 0.25) is 0 Å². The van der Waals surface area contributed by atoms with E-state index in [2.05, 4.69) is 0 Å². The first-order valence-electron chi connectivity index (χ1n) is 12.1. The molecule has 1 aliphatic rings. The molecule has 1 saturated heterocycles. The van der Waals surface area contributed by atoms with Crippen LogP contribution in [-0.4, -0.2) is 54.9 Å². The summed E-state index contributed by atoms with van der Waals surface area (Å²) in [6.07, 6.45) is -1.18. The van der Waals surface area contributed by atoms with Gasteiger partial charge in [0, 0.05) is 22.8 Å². The average Bonchev–Trinajstić information content (AvgIpc) is 3.28. The van der Waals surface area contributed by atoms with Gasteiger partial charge in [0.25, 0.3) is 0 Å². The van der Waals surface area contributed by atoms with Crippen LogP contribution >= 0.6 is 11.3 Å². The van der Waals surface area contributed by atoms with E-state index in [0.717, 1.165) is 21.6 Å². The monoisotopic (exact) mass is 541 g/mol. The van der Waals surface area contributed by atoms with Gasteiger partial charge in [-0.25, -0.2) is 13.2 Å². The molecule has 9 heteroatoms. The smallest absolute Gasteiger partial charge is 0.410 e. The predicted octanol–water partition coefficient (Wildman–Crippen LogP) is 5.81. The summed E-state index contributed by atoms with van der Waals surface area (Å²) < 4.78 is 31.1. The molecule has 0 bridgehead atoms. The molecule has 196 valence electrons. The van der Waals surface area contributed by atoms with Crippen molar-refractivity contribution < 1.29 is 27.9 Å². The molecule has 1 aromatic heterocycles. The third-order valence-electron chi connectivity index (χ3n) is 6.43. The van der Waals surface area contributed by atoms with E-state index >= 15 is 0 Å². The van der Waals surface area contributed by atoms with Gasteiger partial charge < -0.3 is 14.7 Å². The van der Waals surface area contributed by atoms with Gasteiger partial charge in [-0.3, -0.25) is 4.79 Å². The fraction of sp³-hybridized carbons (Fsp3) is 0.357. The minimum atomic E-state index is -3.91. The molecule has 1 N–H and O–H groups in total. The van der Waals surface area contributed by atoms with Gasteiger partial charge in [-0.1, -0.05) is 54.6 Å². The number of nitrogens with zero attached hydrogens (tertiary/aromatic N) is 1. The highest BCUT2D eigenvalue weighted by Crippen LogP contribution is 2.45. The third kappa shape index (κ3) is 5.88. The van der Waals surface area contributed by atoms with Gasteiger partial charge in [-0.15, -0.1) is 11.3 Å². The number of ether oxygens (including phenoxy) is 1. The lowest BCUT2D eigenvalue weighted by molar-refractivity contribution is -0.137. The molecule has 1 fully saturated rings. The maximum absolute atomic E-state index is 13.6. The van der Waals surface area contributed by atoms with Crippen LogP contribution in [0.5, 0.6) is 0 Å². The molecule has 7 nitrogen and oxygen atoms in total. The fourth-order valence-electron chi connectivity index (χ4n) is 4.52. The maximum Gasteiger partial charge on any atom is 0.410 e. The Kier molecular flexibility index (Phi) is 7.48. The molecule has 2 heterocycles. The van der Waals surface area contributed by atoms with E-state index in [1.165, 1.54) is 16.2 Å². The van der Waals surface area contributed by atoms with Crippen LogP contribution in [0.15, 0.2) is 66.7 Å². The van der Waals surface area contributed by atoms with Crippen molar-refractivity contribution >= 4 is 33.2 Å².